The Morgan fingerprint density at radius 3 is 2.74 bits per heavy atom. The van der Waals surface area contributed by atoms with Gasteiger partial charge in [-0.3, -0.25) is 0 Å². The van der Waals surface area contributed by atoms with E-state index < -0.39 is 10.0 Å². The zero-order chi connectivity index (χ0) is 14.1. The molecule has 0 radical (unpaired) electrons. The topological polar surface area (TPSA) is 58.2 Å². The van der Waals surface area contributed by atoms with E-state index in [1.165, 1.54) is 11.3 Å². The van der Waals surface area contributed by atoms with Crippen molar-refractivity contribution in [2.24, 2.45) is 5.41 Å². The zero-order valence-electron chi connectivity index (χ0n) is 11.7. The van der Waals surface area contributed by atoms with Gasteiger partial charge in [0.1, 0.15) is 4.21 Å². The predicted molar refractivity (Wildman–Crippen MR) is 79.2 cm³/mol. The summed E-state index contributed by atoms with van der Waals surface area (Å²) in [5.41, 5.74) is 0.854. The Morgan fingerprint density at radius 2 is 2.21 bits per heavy atom. The molecule has 1 aliphatic rings. The van der Waals surface area contributed by atoms with Crippen LogP contribution in [0.3, 0.4) is 0 Å². The molecular weight excluding hydrogens is 280 g/mol. The quantitative estimate of drug-likeness (QED) is 0.895. The second-order valence-corrected chi connectivity index (χ2v) is 8.96. The van der Waals surface area contributed by atoms with Gasteiger partial charge in [-0.15, -0.1) is 11.3 Å². The normalized spacial score (nSPS) is 24.6. The molecule has 2 N–H and O–H groups in total. The predicted octanol–water partition coefficient (Wildman–Crippen LogP) is 2.03. The fourth-order valence-electron chi connectivity index (χ4n) is 2.49. The maximum Gasteiger partial charge on any atom is 0.250 e. The Labute approximate surface area is 119 Å². The summed E-state index contributed by atoms with van der Waals surface area (Å²) in [5.74, 6) is 0. The molecule has 19 heavy (non-hydrogen) atoms. The van der Waals surface area contributed by atoms with Crippen molar-refractivity contribution >= 4 is 21.4 Å². The van der Waals surface area contributed by atoms with E-state index in [1.54, 1.807) is 0 Å². The average molecular weight is 302 g/mol. The molecule has 0 spiro atoms. The van der Waals surface area contributed by atoms with Crippen molar-refractivity contribution in [1.82, 2.24) is 10.0 Å². The van der Waals surface area contributed by atoms with Crippen molar-refractivity contribution in [3.8, 4) is 0 Å². The molecule has 0 aromatic carbocycles. The summed E-state index contributed by atoms with van der Waals surface area (Å²) >= 11 is 1.34. The van der Waals surface area contributed by atoms with E-state index >= 15 is 0 Å². The second kappa shape index (κ2) is 5.52. The van der Waals surface area contributed by atoms with Crippen LogP contribution >= 0.6 is 11.3 Å². The summed E-state index contributed by atoms with van der Waals surface area (Å²) in [5, 5.41) is 3.33. The van der Waals surface area contributed by atoms with Crippen molar-refractivity contribution in [2.75, 3.05) is 19.6 Å². The summed E-state index contributed by atoms with van der Waals surface area (Å²) in [4.78, 5) is 1.03. The average Bonchev–Trinajstić information content (AvgIpc) is 2.68. The van der Waals surface area contributed by atoms with E-state index in [1.807, 2.05) is 19.9 Å². The first-order valence-electron chi connectivity index (χ1n) is 6.60. The molecule has 1 atom stereocenters. The van der Waals surface area contributed by atoms with Gasteiger partial charge in [0.2, 0.25) is 10.0 Å². The summed E-state index contributed by atoms with van der Waals surface area (Å²) in [6.07, 6.45) is 2.17. The highest BCUT2D eigenvalue weighted by Crippen LogP contribution is 2.28. The van der Waals surface area contributed by atoms with Crippen LogP contribution in [0.25, 0.3) is 0 Å². The first kappa shape index (κ1) is 15.0. The first-order chi connectivity index (χ1) is 8.82. The molecule has 1 aromatic rings. The van der Waals surface area contributed by atoms with E-state index in [-0.39, 0.29) is 5.41 Å². The summed E-state index contributed by atoms with van der Waals surface area (Å²) in [6.45, 7) is 8.32. The molecule has 1 aromatic heterocycles. The number of piperidine rings is 1. The molecule has 2 heterocycles. The lowest BCUT2D eigenvalue weighted by atomic mass is 9.83. The summed E-state index contributed by atoms with van der Waals surface area (Å²) in [7, 11) is -3.37. The number of hydrogen-bond acceptors (Lipinski definition) is 4. The SMILES string of the molecule is Cc1cc(C)c(S(=O)(=O)NCC2(C)CCCNC2)s1. The van der Waals surface area contributed by atoms with Crippen LogP contribution in [0.5, 0.6) is 0 Å². The number of sulfonamides is 1. The lowest BCUT2D eigenvalue weighted by molar-refractivity contribution is 0.238. The second-order valence-electron chi connectivity index (χ2n) is 5.74. The smallest absolute Gasteiger partial charge is 0.250 e. The molecule has 1 aliphatic heterocycles. The summed E-state index contributed by atoms with van der Waals surface area (Å²) in [6, 6.07) is 1.92. The van der Waals surface area contributed by atoms with Crippen LogP contribution in [0, 0.1) is 19.3 Å². The van der Waals surface area contributed by atoms with Crippen LogP contribution in [0.1, 0.15) is 30.2 Å². The number of rotatable bonds is 4. The van der Waals surface area contributed by atoms with Gasteiger partial charge in [-0.1, -0.05) is 6.92 Å². The van der Waals surface area contributed by atoms with Crippen molar-refractivity contribution in [3.63, 3.8) is 0 Å². The van der Waals surface area contributed by atoms with E-state index in [4.69, 9.17) is 0 Å². The fraction of sp³-hybridized carbons (Fsp3) is 0.692. The van der Waals surface area contributed by atoms with Gasteiger partial charge in [-0.2, -0.15) is 0 Å². The molecule has 0 aliphatic carbocycles. The van der Waals surface area contributed by atoms with E-state index in [2.05, 4.69) is 17.0 Å². The Balaban J connectivity index is 2.07. The minimum Gasteiger partial charge on any atom is -0.316 e. The number of thiophene rings is 1. The molecule has 0 bridgehead atoms. The molecule has 4 nitrogen and oxygen atoms in total. The van der Waals surface area contributed by atoms with Gasteiger partial charge in [0.05, 0.1) is 0 Å². The monoisotopic (exact) mass is 302 g/mol. The molecule has 1 fully saturated rings. The molecular formula is C13H22N2O2S2. The fourth-order valence-corrected chi connectivity index (χ4v) is 5.40. The maximum absolute atomic E-state index is 12.3. The molecule has 1 saturated heterocycles. The van der Waals surface area contributed by atoms with Gasteiger partial charge >= 0.3 is 0 Å². The molecule has 1 unspecified atom stereocenters. The van der Waals surface area contributed by atoms with Crippen LogP contribution in [0.4, 0.5) is 0 Å². The number of aryl methyl sites for hydroxylation is 2. The van der Waals surface area contributed by atoms with Crippen molar-refractivity contribution in [2.45, 2.75) is 37.8 Å². The van der Waals surface area contributed by atoms with E-state index in [0.29, 0.717) is 10.8 Å². The lowest BCUT2D eigenvalue weighted by Gasteiger charge is -2.34. The third-order valence-corrected chi connectivity index (χ3v) is 6.80. The summed E-state index contributed by atoms with van der Waals surface area (Å²) < 4.78 is 27.9. The zero-order valence-corrected chi connectivity index (χ0v) is 13.4. The minimum atomic E-state index is -3.37. The third kappa shape index (κ3) is 3.56. The van der Waals surface area contributed by atoms with Gasteiger partial charge in [0.25, 0.3) is 0 Å². The highest BCUT2D eigenvalue weighted by Gasteiger charge is 2.29. The molecule has 108 valence electrons. The highest BCUT2D eigenvalue weighted by molar-refractivity contribution is 7.91. The maximum atomic E-state index is 12.3. The Hall–Kier alpha value is -0.430. The van der Waals surface area contributed by atoms with Gasteiger partial charge in [-0.25, -0.2) is 13.1 Å². The third-order valence-electron chi connectivity index (χ3n) is 3.61. The minimum absolute atomic E-state index is 0.0194. The van der Waals surface area contributed by atoms with Crippen LogP contribution in [0.2, 0.25) is 0 Å². The lowest BCUT2D eigenvalue weighted by Crippen LogP contribution is -2.45. The Bertz CT molecular complexity index is 543. The largest absolute Gasteiger partial charge is 0.316 e. The molecule has 0 saturated carbocycles. The Morgan fingerprint density at radius 1 is 1.47 bits per heavy atom. The van der Waals surface area contributed by atoms with Crippen molar-refractivity contribution in [1.29, 1.82) is 0 Å². The molecule has 2 rings (SSSR count). The van der Waals surface area contributed by atoms with E-state index in [9.17, 15) is 8.42 Å². The number of nitrogens with one attached hydrogen (secondary N) is 2. The first-order valence-corrected chi connectivity index (χ1v) is 8.90. The van der Waals surface area contributed by atoms with Gasteiger partial charge in [0.15, 0.2) is 0 Å². The van der Waals surface area contributed by atoms with Gasteiger partial charge in [0, 0.05) is 18.0 Å². The van der Waals surface area contributed by atoms with Crippen LogP contribution in [0.15, 0.2) is 10.3 Å². The standard InChI is InChI=1S/C13H22N2O2S2/c1-10-7-11(2)18-12(10)19(16,17)15-9-13(3)5-4-6-14-8-13/h7,14-15H,4-6,8-9H2,1-3H3. The van der Waals surface area contributed by atoms with Gasteiger partial charge in [-0.05, 0) is 50.3 Å². The highest BCUT2D eigenvalue weighted by atomic mass is 32.2. The van der Waals surface area contributed by atoms with Crippen molar-refractivity contribution in [3.05, 3.63) is 16.5 Å². The van der Waals surface area contributed by atoms with Crippen LogP contribution < -0.4 is 10.0 Å². The van der Waals surface area contributed by atoms with Crippen LogP contribution in [-0.4, -0.2) is 28.1 Å². The van der Waals surface area contributed by atoms with Crippen LogP contribution in [-0.2, 0) is 10.0 Å². The molecule has 0 amide bonds. The number of hydrogen-bond donors (Lipinski definition) is 2. The van der Waals surface area contributed by atoms with E-state index in [0.717, 1.165) is 36.4 Å². The Kier molecular flexibility index (Phi) is 4.35. The van der Waals surface area contributed by atoms with Gasteiger partial charge < -0.3 is 5.32 Å². The molecule has 6 heteroatoms. The van der Waals surface area contributed by atoms with Crippen molar-refractivity contribution < 1.29 is 8.42 Å².